The van der Waals surface area contributed by atoms with E-state index in [2.05, 4.69) is 24.0 Å². The number of hydrogen-bond acceptors (Lipinski definition) is 7. The third kappa shape index (κ3) is 4.81. The van der Waals surface area contributed by atoms with Crippen LogP contribution < -0.4 is 4.74 Å². The van der Waals surface area contributed by atoms with Crippen molar-refractivity contribution in [2.75, 3.05) is 40.0 Å². The van der Waals surface area contributed by atoms with Gasteiger partial charge in [0, 0.05) is 25.1 Å². The summed E-state index contributed by atoms with van der Waals surface area (Å²) in [4.78, 5) is 14.8. The molecule has 1 aliphatic heterocycles. The SMILES string of the molecule is COCCc1ccc(Oc2nc(CN3CCOCC3)nc3sc4c(c23)CCC(C)C4)cc1. The summed E-state index contributed by atoms with van der Waals surface area (Å²) in [6, 6.07) is 8.27. The molecule has 170 valence electrons. The van der Waals surface area contributed by atoms with Gasteiger partial charge in [-0.05, 0) is 54.9 Å². The highest BCUT2D eigenvalue weighted by Gasteiger charge is 2.25. The Morgan fingerprint density at radius 2 is 1.97 bits per heavy atom. The summed E-state index contributed by atoms with van der Waals surface area (Å²) in [6.45, 7) is 7.16. The van der Waals surface area contributed by atoms with Crippen molar-refractivity contribution in [2.45, 2.75) is 39.2 Å². The molecule has 1 saturated heterocycles. The van der Waals surface area contributed by atoms with Gasteiger partial charge < -0.3 is 14.2 Å². The summed E-state index contributed by atoms with van der Waals surface area (Å²) in [7, 11) is 1.73. The number of morpholine rings is 1. The van der Waals surface area contributed by atoms with Crippen molar-refractivity contribution in [3.63, 3.8) is 0 Å². The minimum Gasteiger partial charge on any atom is -0.438 e. The molecule has 7 heteroatoms. The van der Waals surface area contributed by atoms with Gasteiger partial charge >= 0.3 is 0 Å². The average molecular weight is 454 g/mol. The minimum atomic E-state index is 0.704. The maximum Gasteiger partial charge on any atom is 0.231 e. The predicted molar refractivity (Wildman–Crippen MR) is 127 cm³/mol. The molecule has 5 rings (SSSR count). The van der Waals surface area contributed by atoms with Gasteiger partial charge in [-0.2, -0.15) is 4.98 Å². The van der Waals surface area contributed by atoms with Crippen LogP contribution in [0.2, 0.25) is 0 Å². The summed E-state index contributed by atoms with van der Waals surface area (Å²) >= 11 is 1.83. The largest absolute Gasteiger partial charge is 0.438 e. The van der Waals surface area contributed by atoms with Crippen molar-refractivity contribution in [3.05, 3.63) is 46.1 Å². The van der Waals surface area contributed by atoms with E-state index in [0.717, 1.165) is 86.4 Å². The van der Waals surface area contributed by atoms with Gasteiger partial charge in [-0.3, -0.25) is 4.90 Å². The highest BCUT2D eigenvalue weighted by molar-refractivity contribution is 7.18. The number of aromatic nitrogens is 2. The molecule has 0 amide bonds. The van der Waals surface area contributed by atoms with E-state index in [0.29, 0.717) is 5.88 Å². The number of nitrogens with zero attached hydrogens (tertiary/aromatic N) is 3. The topological polar surface area (TPSA) is 56.7 Å². The number of fused-ring (bicyclic) bond motifs is 3. The number of ether oxygens (including phenoxy) is 3. The molecular formula is C25H31N3O3S. The quantitative estimate of drug-likeness (QED) is 0.520. The van der Waals surface area contributed by atoms with E-state index in [1.165, 1.54) is 22.4 Å². The van der Waals surface area contributed by atoms with Crippen molar-refractivity contribution >= 4 is 21.6 Å². The number of methoxy groups -OCH3 is 1. The van der Waals surface area contributed by atoms with Crippen LogP contribution >= 0.6 is 11.3 Å². The van der Waals surface area contributed by atoms with Gasteiger partial charge in [-0.25, -0.2) is 4.98 Å². The molecular weight excluding hydrogens is 422 g/mol. The molecule has 0 saturated carbocycles. The first-order valence-electron chi connectivity index (χ1n) is 11.6. The Balaban J connectivity index is 1.48. The molecule has 3 aromatic rings. The second kappa shape index (κ2) is 9.83. The number of aryl methyl sites for hydroxylation is 1. The van der Waals surface area contributed by atoms with Gasteiger partial charge in [0.25, 0.3) is 0 Å². The lowest BCUT2D eigenvalue weighted by atomic mass is 9.89. The molecule has 1 atom stereocenters. The number of thiophene rings is 1. The van der Waals surface area contributed by atoms with Gasteiger partial charge in [-0.1, -0.05) is 19.1 Å². The van der Waals surface area contributed by atoms with E-state index < -0.39 is 0 Å². The molecule has 2 aromatic heterocycles. The zero-order valence-corrected chi connectivity index (χ0v) is 19.7. The van der Waals surface area contributed by atoms with Crippen LogP contribution in [0.25, 0.3) is 10.2 Å². The van der Waals surface area contributed by atoms with E-state index in [9.17, 15) is 0 Å². The molecule has 1 fully saturated rings. The Morgan fingerprint density at radius 3 is 2.75 bits per heavy atom. The van der Waals surface area contributed by atoms with E-state index in [1.807, 2.05) is 23.5 Å². The first kappa shape index (κ1) is 21.8. The molecule has 0 bridgehead atoms. The van der Waals surface area contributed by atoms with Gasteiger partial charge in [0.2, 0.25) is 5.88 Å². The second-order valence-corrected chi connectivity index (χ2v) is 9.94. The van der Waals surface area contributed by atoms with Crippen molar-refractivity contribution < 1.29 is 14.2 Å². The summed E-state index contributed by atoms with van der Waals surface area (Å²) < 4.78 is 17.1. The van der Waals surface area contributed by atoms with Crippen molar-refractivity contribution in [1.82, 2.24) is 14.9 Å². The Morgan fingerprint density at radius 1 is 1.16 bits per heavy atom. The van der Waals surface area contributed by atoms with Crippen LogP contribution in [0.1, 0.15) is 35.2 Å². The summed E-state index contributed by atoms with van der Waals surface area (Å²) in [5, 5.41) is 1.12. The van der Waals surface area contributed by atoms with E-state index in [-0.39, 0.29) is 0 Å². The second-order valence-electron chi connectivity index (χ2n) is 8.85. The van der Waals surface area contributed by atoms with Crippen LogP contribution in [0.15, 0.2) is 24.3 Å². The third-order valence-corrected chi connectivity index (χ3v) is 7.52. The van der Waals surface area contributed by atoms with Crippen molar-refractivity contribution in [2.24, 2.45) is 5.92 Å². The molecule has 1 aliphatic carbocycles. The normalized spacial score (nSPS) is 19.2. The molecule has 0 N–H and O–H groups in total. The van der Waals surface area contributed by atoms with E-state index in [1.54, 1.807) is 7.11 Å². The molecule has 32 heavy (non-hydrogen) atoms. The zero-order chi connectivity index (χ0) is 21.9. The average Bonchev–Trinajstić information content (AvgIpc) is 3.16. The lowest BCUT2D eigenvalue weighted by Gasteiger charge is -2.25. The lowest BCUT2D eigenvalue weighted by molar-refractivity contribution is 0.0330. The summed E-state index contributed by atoms with van der Waals surface area (Å²) in [5.41, 5.74) is 2.63. The highest BCUT2D eigenvalue weighted by atomic mass is 32.1. The fourth-order valence-corrected chi connectivity index (χ4v) is 5.90. The summed E-state index contributed by atoms with van der Waals surface area (Å²) in [5.74, 6) is 3.07. The summed E-state index contributed by atoms with van der Waals surface area (Å²) in [6.07, 6.45) is 4.31. The fraction of sp³-hybridized carbons (Fsp3) is 0.520. The molecule has 0 radical (unpaired) electrons. The maximum atomic E-state index is 6.41. The van der Waals surface area contributed by atoms with Crippen LogP contribution in [0.4, 0.5) is 0 Å². The maximum absolute atomic E-state index is 6.41. The monoisotopic (exact) mass is 453 g/mol. The van der Waals surface area contributed by atoms with Crippen molar-refractivity contribution in [3.8, 4) is 11.6 Å². The highest BCUT2D eigenvalue weighted by Crippen LogP contribution is 2.42. The first-order chi connectivity index (χ1) is 15.7. The van der Waals surface area contributed by atoms with E-state index >= 15 is 0 Å². The molecule has 1 unspecified atom stereocenters. The number of benzene rings is 1. The van der Waals surface area contributed by atoms with Gasteiger partial charge in [-0.15, -0.1) is 11.3 Å². The van der Waals surface area contributed by atoms with Crippen molar-refractivity contribution in [1.29, 1.82) is 0 Å². The van der Waals surface area contributed by atoms with Crippen LogP contribution in [0.3, 0.4) is 0 Å². The van der Waals surface area contributed by atoms with Gasteiger partial charge in [0.15, 0.2) is 0 Å². The number of rotatable bonds is 7. The van der Waals surface area contributed by atoms with Crippen LogP contribution in [-0.2, 0) is 35.3 Å². The van der Waals surface area contributed by atoms with Crippen LogP contribution in [0.5, 0.6) is 11.6 Å². The van der Waals surface area contributed by atoms with Crippen LogP contribution in [0, 0.1) is 5.92 Å². The van der Waals surface area contributed by atoms with Crippen LogP contribution in [-0.4, -0.2) is 54.9 Å². The molecule has 1 aromatic carbocycles. The number of hydrogen-bond donors (Lipinski definition) is 0. The fourth-order valence-electron chi connectivity index (χ4n) is 4.51. The lowest BCUT2D eigenvalue weighted by Crippen LogP contribution is -2.36. The molecule has 0 spiro atoms. The molecule has 3 heterocycles. The Kier molecular flexibility index (Phi) is 6.69. The third-order valence-electron chi connectivity index (χ3n) is 6.37. The predicted octanol–water partition coefficient (Wildman–Crippen LogP) is 4.63. The van der Waals surface area contributed by atoms with Gasteiger partial charge in [0.05, 0.1) is 31.8 Å². The first-order valence-corrected chi connectivity index (χ1v) is 12.4. The van der Waals surface area contributed by atoms with Gasteiger partial charge in [0.1, 0.15) is 16.4 Å². The molecule has 2 aliphatic rings. The zero-order valence-electron chi connectivity index (χ0n) is 18.9. The minimum absolute atomic E-state index is 0.704. The Bertz CT molecular complexity index is 1060. The standard InChI is InChI=1S/C25H31N3O3S/c1-17-3-8-20-21(15-17)32-25-23(20)24(26-22(27-25)16-28-10-13-30-14-11-28)31-19-6-4-18(5-7-19)9-12-29-2/h4-7,17H,3,8-16H2,1-2H3. The molecule has 6 nitrogen and oxygen atoms in total. The van der Waals surface area contributed by atoms with E-state index in [4.69, 9.17) is 24.2 Å². The smallest absolute Gasteiger partial charge is 0.231 e. The Hall–Kier alpha value is -2.06. The Labute approximate surface area is 193 Å².